The summed E-state index contributed by atoms with van der Waals surface area (Å²) in [5, 5.41) is 7.95. The van der Waals surface area contributed by atoms with Crippen molar-refractivity contribution < 1.29 is 4.79 Å². The van der Waals surface area contributed by atoms with Crippen molar-refractivity contribution in [2.75, 3.05) is 18.0 Å². The quantitative estimate of drug-likeness (QED) is 0.835. The predicted octanol–water partition coefficient (Wildman–Crippen LogP) is 1.37. The van der Waals surface area contributed by atoms with Gasteiger partial charge in [-0.3, -0.25) is 4.79 Å². The van der Waals surface area contributed by atoms with Gasteiger partial charge in [-0.2, -0.15) is 0 Å². The molecule has 6 heteroatoms. The molecule has 0 saturated heterocycles. The summed E-state index contributed by atoms with van der Waals surface area (Å²) in [5.41, 5.74) is 13.1. The summed E-state index contributed by atoms with van der Waals surface area (Å²) in [5.74, 6) is 0.0807. The van der Waals surface area contributed by atoms with Crippen LogP contribution in [-0.2, 0) is 0 Å². The maximum absolute atomic E-state index is 11.1. The standard InChI is InChI=1S/C15H19N5O/c1-11-4-2-5-12(10-11)20(9-3-8-16)14-7-6-13(15(17)21)18-19-14/h2,4-7,10H,3,8-9,16H2,1H3,(H2,17,21). The average Bonchev–Trinajstić information content (AvgIpc) is 2.48. The molecule has 4 N–H and O–H groups in total. The van der Waals surface area contributed by atoms with Gasteiger partial charge in [-0.05, 0) is 49.7 Å². The second-order valence-electron chi connectivity index (χ2n) is 4.77. The number of hydrogen-bond acceptors (Lipinski definition) is 5. The lowest BCUT2D eigenvalue weighted by Crippen LogP contribution is -2.23. The lowest BCUT2D eigenvalue weighted by atomic mass is 10.2. The van der Waals surface area contributed by atoms with Gasteiger partial charge in [-0.1, -0.05) is 12.1 Å². The average molecular weight is 285 g/mol. The van der Waals surface area contributed by atoms with Gasteiger partial charge in [0.15, 0.2) is 11.5 Å². The normalized spacial score (nSPS) is 10.4. The fourth-order valence-electron chi connectivity index (χ4n) is 2.02. The largest absolute Gasteiger partial charge is 0.364 e. The number of nitrogens with zero attached hydrogens (tertiary/aromatic N) is 3. The Morgan fingerprint density at radius 2 is 2.05 bits per heavy atom. The molecule has 6 nitrogen and oxygen atoms in total. The van der Waals surface area contributed by atoms with Crippen LogP contribution in [0.3, 0.4) is 0 Å². The molecular weight excluding hydrogens is 266 g/mol. The van der Waals surface area contributed by atoms with E-state index in [0.29, 0.717) is 12.4 Å². The van der Waals surface area contributed by atoms with E-state index in [2.05, 4.69) is 16.3 Å². The molecule has 0 aliphatic rings. The molecule has 0 radical (unpaired) electrons. The monoisotopic (exact) mass is 285 g/mol. The number of aryl methyl sites for hydroxylation is 1. The van der Waals surface area contributed by atoms with Crippen LogP contribution in [0.5, 0.6) is 0 Å². The minimum absolute atomic E-state index is 0.154. The smallest absolute Gasteiger partial charge is 0.269 e. The summed E-state index contributed by atoms with van der Waals surface area (Å²) in [6, 6.07) is 11.4. The molecule has 21 heavy (non-hydrogen) atoms. The number of nitrogens with two attached hydrogens (primary N) is 2. The third kappa shape index (κ3) is 3.76. The summed E-state index contributed by atoms with van der Waals surface area (Å²) >= 11 is 0. The summed E-state index contributed by atoms with van der Waals surface area (Å²) in [7, 11) is 0. The van der Waals surface area contributed by atoms with Crippen molar-refractivity contribution in [2.24, 2.45) is 11.5 Å². The second-order valence-corrected chi connectivity index (χ2v) is 4.77. The third-order valence-electron chi connectivity index (χ3n) is 3.08. The Labute approximate surface area is 123 Å². The van der Waals surface area contributed by atoms with Crippen LogP contribution >= 0.6 is 0 Å². The van der Waals surface area contributed by atoms with Crippen LogP contribution in [0, 0.1) is 6.92 Å². The van der Waals surface area contributed by atoms with E-state index in [0.717, 1.165) is 24.2 Å². The van der Waals surface area contributed by atoms with Crippen molar-refractivity contribution in [1.29, 1.82) is 0 Å². The Morgan fingerprint density at radius 1 is 1.24 bits per heavy atom. The molecule has 1 heterocycles. The molecule has 0 aliphatic carbocycles. The Balaban J connectivity index is 2.33. The van der Waals surface area contributed by atoms with Crippen molar-refractivity contribution in [2.45, 2.75) is 13.3 Å². The van der Waals surface area contributed by atoms with Crippen LogP contribution < -0.4 is 16.4 Å². The Kier molecular flexibility index (Phi) is 4.84. The molecule has 1 aromatic heterocycles. The molecule has 0 aliphatic heterocycles. The van der Waals surface area contributed by atoms with Gasteiger partial charge in [0.05, 0.1) is 0 Å². The first-order valence-electron chi connectivity index (χ1n) is 6.79. The molecule has 2 rings (SSSR count). The molecule has 0 bridgehead atoms. The lowest BCUT2D eigenvalue weighted by molar-refractivity contribution is 0.0994. The van der Waals surface area contributed by atoms with Crippen LogP contribution in [0.25, 0.3) is 0 Å². The molecule has 2 aromatic rings. The molecule has 0 spiro atoms. The Morgan fingerprint density at radius 3 is 2.62 bits per heavy atom. The van der Waals surface area contributed by atoms with Gasteiger partial charge in [-0.15, -0.1) is 10.2 Å². The van der Waals surface area contributed by atoms with Crippen LogP contribution in [0.4, 0.5) is 11.5 Å². The van der Waals surface area contributed by atoms with Crippen LogP contribution in [-0.4, -0.2) is 29.2 Å². The minimum Gasteiger partial charge on any atom is -0.364 e. The van der Waals surface area contributed by atoms with E-state index >= 15 is 0 Å². The zero-order valence-corrected chi connectivity index (χ0v) is 12.0. The highest BCUT2D eigenvalue weighted by molar-refractivity contribution is 5.90. The van der Waals surface area contributed by atoms with E-state index in [9.17, 15) is 4.79 Å². The number of anilines is 2. The number of primary amides is 1. The topological polar surface area (TPSA) is 98.1 Å². The fraction of sp³-hybridized carbons (Fsp3) is 0.267. The van der Waals surface area contributed by atoms with Crippen molar-refractivity contribution in [3.8, 4) is 0 Å². The van der Waals surface area contributed by atoms with E-state index < -0.39 is 5.91 Å². The Hall–Kier alpha value is -2.47. The number of benzene rings is 1. The summed E-state index contributed by atoms with van der Waals surface area (Å²) in [6.45, 7) is 3.35. The molecule has 0 unspecified atom stereocenters. The fourth-order valence-corrected chi connectivity index (χ4v) is 2.02. The van der Waals surface area contributed by atoms with E-state index in [1.165, 1.54) is 0 Å². The van der Waals surface area contributed by atoms with E-state index in [4.69, 9.17) is 11.5 Å². The molecule has 1 aromatic carbocycles. The van der Waals surface area contributed by atoms with Gasteiger partial charge in [0.25, 0.3) is 5.91 Å². The maximum Gasteiger partial charge on any atom is 0.269 e. The van der Waals surface area contributed by atoms with Gasteiger partial charge in [-0.25, -0.2) is 0 Å². The lowest BCUT2D eigenvalue weighted by Gasteiger charge is -2.23. The molecule has 0 fully saturated rings. The number of rotatable bonds is 6. The predicted molar refractivity (Wildman–Crippen MR) is 82.4 cm³/mol. The zero-order chi connectivity index (χ0) is 15.2. The number of hydrogen-bond donors (Lipinski definition) is 2. The third-order valence-corrected chi connectivity index (χ3v) is 3.08. The minimum atomic E-state index is -0.585. The van der Waals surface area contributed by atoms with Gasteiger partial charge < -0.3 is 16.4 Å². The number of carbonyl (C=O) groups is 1. The zero-order valence-electron chi connectivity index (χ0n) is 12.0. The van der Waals surface area contributed by atoms with Crippen LogP contribution in [0.2, 0.25) is 0 Å². The number of aromatic nitrogens is 2. The first-order valence-corrected chi connectivity index (χ1v) is 6.79. The highest BCUT2D eigenvalue weighted by Gasteiger charge is 2.12. The Bertz CT molecular complexity index is 612. The molecule has 0 saturated carbocycles. The van der Waals surface area contributed by atoms with E-state index in [-0.39, 0.29) is 5.69 Å². The van der Waals surface area contributed by atoms with Gasteiger partial charge in [0.1, 0.15) is 0 Å². The van der Waals surface area contributed by atoms with Crippen LogP contribution in [0.1, 0.15) is 22.5 Å². The summed E-state index contributed by atoms with van der Waals surface area (Å²) in [4.78, 5) is 13.1. The van der Waals surface area contributed by atoms with Crippen LogP contribution in [0.15, 0.2) is 36.4 Å². The number of carbonyl (C=O) groups excluding carboxylic acids is 1. The van der Waals surface area contributed by atoms with Crippen molar-refractivity contribution in [1.82, 2.24) is 10.2 Å². The van der Waals surface area contributed by atoms with E-state index in [1.807, 2.05) is 30.0 Å². The molecule has 1 amide bonds. The highest BCUT2D eigenvalue weighted by atomic mass is 16.1. The summed E-state index contributed by atoms with van der Waals surface area (Å²) < 4.78 is 0. The van der Waals surface area contributed by atoms with E-state index in [1.54, 1.807) is 12.1 Å². The van der Waals surface area contributed by atoms with Gasteiger partial charge in [0.2, 0.25) is 0 Å². The van der Waals surface area contributed by atoms with Crippen molar-refractivity contribution in [3.63, 3.8) is 0 Å². The highest BCUT2D eigenvalue weighted by Crippen LogP contribution is 2.24. The second kappa shape index (κ2) is 6.81. The SMILES string of the molecule is Cc1cccc(N(CCCN)c2ccc(C(N)=O)nn2)c1. The first-order chi connectivity index (χ1) is 10.1. The molecule has 0 atom stereocenters. The molecule has 110 valence electrons. The summed E-state index contributed by atoms with van der Waals surface area (Å²) in [6.07, 6.45) is 0.827. The van der Waals surface area contributed by atoms with Gasteiger partial charge >= 0.3 is 0 Å². The van der Waals surface area contributed by atoms with Crippen molar-refractivity contribution >= 4 is 17.4 Å². The maximum atomic E-state index is 11.1. The van der Waals surface area contributed by atoms with Gasteiger partial charge in [0, 0.05) is 12.2 Å². The molecular formula is C15H19N5O. The van der Waals surface area contributed by atoms with Crippen molar-refractivity contribution in [3.05, 3.63) is 47.7 Å². The number of amides is 1. The first kappa shape index (κ1) is 14.9.